The van der Waals surface area contributed by atoms with Gasteiger partial charge in [0.15, 0.2) is 5.13 Å². The number of hydrogen-bond donors (Lipinski definition) is 4. The average molecular weight is 681 g/mol. The van der Waals surface area contributed by atoms with Crippen LogP contribution in [0, 0.1) is 0 Å². The van der Waals surface area contributed by atoms with Crippen LogP contribution in [0.5, 0.6) is 10.8 Å². The molecule has 49 heavy (non-hydrogen) atoms. The van der Waals surface area contributed by atoms with E-state index < -0.39 is 0 Å². The number of rotatable bonds is 12. The summed E-state index contributed by atoms with van der Waals surface area (Å²) in [4.78, 5) is 32.3. The summed E-state index contributed by atoms with van der Waals surface area (Å²) in [7, 11) is 0. The molecule has 4 N–H and O–H groups in total. The molecular formula is C38H44N6O4S. The minimum absolute atomic E-state index is 0.139. The quantitative estimate of drug-likeness (QED) is 0.106. The number of ether oxygens (including phenoxy) is 1. The summed E-state index contributed by atoms with van der Waals surface area (Å²) in [5.41, 5.74) is 5.48. The number of fused-ring (bicyclic) bond motifs is 1. The van der Waals surface area contributed by atoms with Crippen molar-refractivity contribution in [3.8, 4) is 16.5 Å². The normalized spacial score (nSPS) is 13.9. The molecule has 0 bridgehead atoms. The number of amides is 3. The smallest absolute Gasteiger partial charge is 0.319 e. The second-order valence-corrected chi connectivity index (χ2v) is 13.4. The number of aromatic nitrogens is 2. The van der Waals surface area contributed by atoms with E-state index in [4.69, 9.17) is 4.74 Å². The highest BCUT2D eigenvalue weighted by Gasteiger charge is 2.20. The van der Waals surface area contributed by atoms with Crippen molar-refractivity contribution in [3.05, 3.63) is 95.8 Å². The first-order valence-electron chi connectivity index (χ1n) is 17.1. The Hall–Kier alpha value is -4.71. The number of nitrogens with zero attached hydrogens (tertiary/aromatic N) is 3. The Labute approximate surface area is 291 Å². The number of anilines is 2. The first kappa shape index (κ1) is 34.2. The van der Waals surface area contributed by atoms with Crippen molar-refractivity contribution in [3.63, 3.8) is 0 Å². The lowest BCUT2D eigenvalue weighted by Gasteiger charge is -2.29. The molecule has 1 saturated heterocycles. The van der Waals surface area contributed by atoms with Gasteiger partial charge in [0, 0.05) is 54.2 Å². The second kappa shape index (κ2) is 15.7. The maximum absolute atomic E-state index is 13.2. The Bertz CT molecular complexity index is 1890. The molecule has 256 valence electrons. The number of hydrogen-bond acceptors (Lipinski definition) is 7. The van der Waals surface area contributed by atoms with Gasteiger partial charge in [0.1, 0.15) is 5.75 Å². The lowest BCUT2D eigenvalue weighted by Crippen LogP contribution is -2.37. The van der Waals surface area contributed by atoms with Crippen molar-refractivity contribution in [2.24, 2.45) is 0 Å². The van der Waals surface area contributed by atoms with Gasteiger partial charge < -0.3 is 25.0 Å². The van der Waals surface area contributed by atoms with Gasteiger partial charge in [-0.1, -0.05) is 50.3 Å². The maximum atomic E-state index is 13.2. The van der Waals surface area contributed by atoms with Crippen molar-refractivity contribution in [1.82, 2.24) is 19.8 Å². The molecule has 1 aliphatic heterocycles. The molecule has 0 spiro atoms. The third-order valence-corrected chi connectivity index (χ3v) is 9.88. The zero-order valence-electron chi connectivity index (χ0n) is 28.2. The fraction of sp³-hybridized carbons (Fsp3) is 0.342. The fourth-order valence-electron chi connectivity index (χ4n) is 6.20. The predicted molar refractivity (Wildman–Crippen MR) is 196 cm³/mol. The number of urea groups is 1. The number of aliphatic hydroxyl groups excluding tert-OH is 1. The van der Waals surface area contributed by atoms with E-state index in [1.165, 1.54) is 22.3 Å². The van der Waals surface area contributed by atoms with Crippen LogP contribution >= 0.6 is 11.3 Å². The molecule has 3 amide bonds. The van der Waals surface area contributed by atoms with Crippen LogP contribution in [0.3, 0.4) is 0 Å². The molecule has 3 heterocycles. The molecule has 10 nitrogen and oxygen atoms in total. The Kier molecular flexibility index (Phi) is 10.9. The number of benzene rings is 3. The predicted octanol–water partition coefficient (Wildman–Crippen LogP) is 7.96. The van der Waals surface area contributed by atoms with E-state index in [0.717, 1.165) is 62.1 Å². The number of thiazole rings is 1. The number of carbonyl (C=O) groups excluding carboxylic acids is 2. The lowest BCUT2D eigenvalue weighted by atomic mass is 10.1. The SMILES string of the molecule is CCc1cc(NC(=O)NC(CC)CC)ccc1Oc1cnc(NC(=O)c2ccc(-n3cc(CN4CCC(O)CC4)c4ccccc43)cc2)s1. The van der Waals surface area contributed by atoms with E-state index in [1.807, 2.05) is 55.5 Å². The van der Waals surface area contributed by atoms with Gasteiger partial charge >= 0.3 is 6.03 Å². The number of piperidine rings is 1. The van der Waals surface area contributed by atoms with E-state index in [0.29, 0.717) is 33.6 Å². The van der Waals surface area contributed by atoms with E-state index in [2.05, 4.69) is 68.6 Å². The van der Waals surface area contributed by atoms with Crippen molar-refractivity contribution in [1.29, 1.82) is 0 Å². The molecule has 11 heteroatoms. The summed E-state index contributed by atoms with van der Waals surface area (Å²) in [6.07, 6.45) is 7.67. The Morgan fingerprint density at radius 1 is 0.980 bits per heavy atom. The highest BCUT2D eigenvalue weighted by Crippen LogP contribution is 2.34. The molecule has 2 aromatic heterocycles. The van der Waals surface area contributed by atoms with Crippen molar-refractivity contribution in [2.45, 2.75) is 71.6 Å². The highest BCUT2D eigenvalue weighted by molar-refractivity contribution is 7.17. The molecule has 0 unspecified atom stereocenters. The van der Waals surface area contributed by atoms with Gasteiger partial charge in [0.2, 0.25) is 5.06 Å². The number of para-hydroxylation sites is 1. The monoisotopic (exact) mass is 680 g/mol. The topological polar surface area (TPSA) is 121 Å². The Morgan fingerprint density at radius 3 is 2.47 bits per heavy atom. The third-order valence-electron chi connectivity index (χ3n) is 9.09. The number of aryl methyl sites for hydroxylation is 1. The van der Waals surface area contributed by atoms with Gasteiger partial charge in [-0.25, -0.2) is 9.78 Å². The van der Waals surface area contributed by atoms with E-state index in [-0.39, 0.29) is 24.1 Å². The lowest BCUT2D eigenvalue weighted by molar-refractivity contribution is 0.0794. The summed E-state index contributed by atoms with van der Waals surface area (Å²) >= 11 is 1.25. The zero-order chi connectivity index (χ0) is 34.3. The Balaban J connectivity index is 1.09. The molecule has 0 saturated carbocycles. The van der Waals surface area contributed by atoms with Crippen molar-refractivity contribution in [2.75, 3.05) is 23.7 Å². The average Bonchev–Trinajstić information content (AvgIpc) is 3.72. The molecular weight excluding hydrogens is 637 g/mol. The minimum atomic E-state index is -0.255. The van der Waals surface area contributed by atoms with Gasteiger partial charge in [-0.3, -0.25) is 15.0 Å². The van der Waals surface area contributed by atoms with Gasteiger partial charge in [0.05, 0.1) is 17.8 Å². The first-order chi connectivity index (χ1) is 23.8. The number of carbonyl (C=O) groups is 2. The molecule has 1 aliphatic rings. The highest BCUT2D eigenvalue weighted by atomic mass is 32.1. The zero-order valence-corrected chi connectivity index (χ0v) is 29.1. The first-order valence-corrected chi connectivity index (χ1v) is 17.9. The van der Waals surface area contributed by atoms with Gasteiger partial charge in [-0.2, -0.15) is 0 Å². The summed E-state index contributed by atoms with van der Waals surface area (Å²) in [6, 6.07) is 21.4. The number of likely N-dealkylation sites (tertiary alicyclic amines) is 1. The van der Waals surface area contributed by atoms with Crippen LogP contribution in [-0.2, 0) is 13.0 Å². The van der Waals surface area contributed by atoms with Crippen molar-refractivity contribution < 1.29 is 19.4 Å². The number of aliphatic hydroxyl groups is 1. The molecule has 0 atom stereocenters. The Morgan fingerprint density at radius 2 is 1.73 bits per heavy atom. The molecule has 0 aliphatic carbocycles. The van der Waals surface area contributed by atoms with Crippen LogP contribution in [0.15, 0.2) is 79.1 Å². The molecule has 3 aromatic carbocycles. The molecule has 6 rings (SSSR count). The summed E-state index contributed by atoms with van der Waals surface area (Å²) < 4.78 is 8.31. The summed E-state index contributed by atoms with van der Waals surface area (Å²) in [5.74, 6) is 0.412. The van der Waals surface area contributed by atoms with Gasteiger partial charge in [-0.15, -0.1) is 0 Å². The fourth-order valence-corrected chi connectivity index (χ4v) is 6.88. The molecule has 5 aromatic rings. The minimum Gasteiger partial charge on any atom is -0.445 e. The summed E-state index contributed by atoms with van der Waals surface area (Å²) in [5, 5.41) is 20.9. The van der Waals surface area contributed by atoms with Crippen LogP contribution in [0.1, 0.15) is 67.9 Å². The standard InChI is InChI=1S/C38H44N6O4S/c1-4-25-21-29(41-37(47)40-28(5-2)6-3)13-16-34(25)48-35-22-39-38(49-35)42-36(46)26-11-14-30(15-12-26)44-24-27(32-9-7-8-10-33(32)44)23-43-19-17-31(45)18-20-43/h7-16,21-22,24,28,31,45H,4-6,17-20,23H2,1-3H3,(H,39,42,46)(H2,40,41,47). The van der Waals surface area contributed by atoms with E-state index >= 15 is 0 Å². The largest absolute Gasteiger partial charge is 0.445 e. The van der Waals surface area contributed by atoms with E-state index in [9.17, 15) is 14.7 Å². The molecule has 0 radical (unpaired) electrons. The van der Waals surface area contributed by atoms with E-state index in [1.54, 1.807) is 6.20 Å². The van der Waals surface area contributed by atoms with Gasteiger partial charge in [-0.05, 0) is 91.8 Å². The summed E-state index contributed by atoms with van der Waals surface area (Å²) in [6.45, 7) is 8.75. The molecule has 1 fully saturated rings. The van der Waals surface area contributed by atoms with Crippen LogP contribution in [0.2, 0.25) is 0 Å². The van der Waals surface area contributed by atoms with Crippen LogP contribution in [0.4, 0.5) is 15.6 Å². The third kappa shape index (κ3) is 8.30. The maximum Gasteiger partial charge on any atom is 0.319 e. The van der Waals surface area contributed by atoms with Crippen molar-refractivity contribution >= 4 is 45.0 Å². The van der Waals surface area contributed by atoms with Crippen LogP contribution in [0.25, 0.3) is 16.6 Å². The number of nitrogens with one attached hydrogen (secondary N) is 3. The van der Waals surface area contributed by atoms with Gasteiger partial charge in [0.25, 0.3) is 5.91 Å². The van der Waals surface area contributed by atoms with Crippen LogP contribution < -0.4 is 20.7 Å². The second-order valence-electron chi connectivity index (χ2n) is 12.4. The van der Waals surface area contributed by atoms with Crippen LogP contribution in [-0.4, -0.2) is 56.7 Å².